The number of carbonyl (C=O) groups is 2. The Balaban J connectivity index is 2.50. The van der Waals surface area contributed by atoms with E-state index in [0.29, 0.717) is 19.3 Å². The Kier molecular flexibility index (Phi) is 38.1. The summed E-state index contributed by atoms with van der Waals surface area (Å²) in [4.78, 5) is 35.8. The average Bonchev–Trinajstić information content (AvgIpc) is 3.31. The number of unbranched alkanes of at least 4 members (excludes halogenated alkanes) is 9. The molecule has 67 heavy (non-hydrogen) atoms. The van der Waals surface area contributed by atoms with Gasteiger partial charge in [0.15, 0.2) is 6.10 Å². The van der Waals surface area contributed by atoms with Gasteiger partial charge in [0.2, 0.25) is 0 Å². The van der Waals surface area contributed by atoms with Crippen molar-refractivity contribution in [3.8, 4) is 0 Å². The van der Waals surface area contributed by atoms with Gasteiger partial charge in [0, 0.05) is 12.8 Å². The van der Waals surface area contributed by atoms with Gasteiger partial charge in [-0.2, -0.15) is 0 Å². The second-order valence-electron chi connectivity index (χ2n) is 16.6. The number of aliphatic hydroxyl groups is 5. The van der Waals surface area contributed by atoms with Gasteiger partial charge in [-0.3, -0.25) is 18.6 Å². The molecule has 1 saturated carbocycles. The normalized spacial score (nSPS) is 22.1. The lowest BCUT2D eigenvalue weighted by molar-refractivity contribution is -0.220. The van der Waals surface area contributed by atoms with Gasteiger partial charge in [-0.25, -0.2) is 4.57 Å². The molecule has 0 heterocycles. The molecule has 0 aromatic heterocycles. The zero-order valence-electron chi connectivity index (χ0n) is 40.4. The van der Waals surface area contributed by atoms with Crippen LogP contribution in [0, 0.1) is 0 Å². The van der Waals surface area contributed by atoms with Crippen LogP contribution < -0.4 is 0 Å². The Labute approximate surface area is 402 Å². The number of hydrogen-bond donors (Lipinski definition) is 6. The number of rotatable bonds is 39. The number of hydrogen-bond acceptors (Lipinski definition) is 12. The number of phosphoric ester groups is 1. The molecule has 0 saturated heterocycles. The van der Waals surface area contributed by atoms with Gasteiger partial charge >= 0.3 is 19.8 Å². The highest BCUT2D eigenvalue weighted by molar-refractivity contribution is 7.47. The van der Waals surface area contributed by atoms with E-state index in [1.54, 1.807) is 0 Å². The van der Waals surface area contributed by atoms with E-state index in [4.69, 9.17) is 18.5 Å². The standard InChI is InChI=1S/C53H85O13P/c1-3-5-7-9-11-13-15-17-19-21-23-25-27-29-31-33-35-37-39-41-46(54)63-43-45(44-64-67(61,62)66-53-51(59)49(57)48(56)50(58)52(53)60)65-47(55)42-40-38-36-34-32-30-28-26-24-22-20-18-16-14-12-10-8-6-4-2/h6,8,11-14,17-20,23-26,30,32,36,38,45,48-53,56-60H,3-5,7,9-10,15-16,21-22,27-29,31,33-35,37,39-44H2,1-2H3,(H,61,62)/b8-6-,13-11-,14-12-,19-17-,20-18-,25-23-,26-24-,32-30-,38-36-. The van der Waals surface area contributed by atoms with E-state index < -0.39 is 75.7 Å². The molecule has 14 heteroatoms. The maximum Gasteiger partial charge on any atom is 0.472 e. The van der Waals surface area contributed by atoms with Crippen molar-refractivity contribution in [2.75, 3.05) is 13.2 Å². The number of phosphoric acid groups is 1. The third-order valence-electron chi connectivity index (χ3n) is 10.6. The summed E-state index contributed by atoms with van der Waals surface area (Å²) in [5.41, 5.74) is 0. The molecule has 1 aliphatic carbocycles. The maximum absolute atomic E-state index is 12.8. The van der Waals surface area contributed by atoms with E-state index in [-0.39, 0.29) is 12.8 Å². The average molecular weight is 961 g/mol. The molecule has 0 aromatic carbocycles. The minimum Gasteiger partial charge on any atom is -0.462 e. The molecule has 6 unspecified atom stereocenters. The van der Waals surface area contributed by atoms with Crippen LogP contribution in [0.25, 0.3) is 0 Å². The molecular weight excluding hydrogens is 876 g/mol. The van der Waals surface area contributed by atoms with Crippen LogP contribution in [0.5, 0.6) is 0 Å². The zero-order chi connectivity index (χ0) is 49.2. The molecule has 0 spiro atoms. The molecule has 6 N–H and O–H groups in total. The summed E-state index contributed by atoms with van der Waals surface area (Å²) < 4.78 is 33.5. The minimum atomic E-state index is -5.15. The first-order valence-corrected chi connectivity index (χ1v) is 26.2. The third kappa shape index (κ3) is 33.6. The molecule has 0 amide bonds. The van der Waals surface area contributed by atoms with Crippen molar-refractivity contribution in [1.29, 1.82) is 0 Å². The van der Waals surface area contributed by atoms with Crippen LogP contribution in [0.2, 0.25) is 0 Å². The fraction of sp³-hybridized carbons (Fsp3) is 0.623. The Morgan fingerprint density at radius 2 is 0.881 bits per heavy atom. The van der Waals surface area contributed by atoms with Gasteiger partial charge in [-0.15, -0.1) is 0 Å². The van der Waals surface area contributed by atoms with Crippen molar-refractivity contribution in [3.05, 3.63) is 109 Å². The molecule has 6 atom stereocenters. The van der Waals surface area contributed by atoms with E-state index in [2.05, 4.69) is 105 Å². The summed E-state index contributed by atoms with van der Waals surface area (Å²) >= 11 is 0. The first-order chi connectivity index (χ1) is 32.4. The highest BCUT2D eigenvalue weighted by atomic mass is 31.2. The third-order valence-corrected chi connectivity index (χ3v) is 11.6. The van der Waals surface area contributed by atoms with Crippen LogP contribution in [-0.4, -0.2) is 98.3 Å². The van der Waals surface area contributed by atoms with Crippen LogP contribution >= 0.6 is 7.82 Å². The lowest BCUT2D eigenvalue weighted by Crippen LogP contribution is -2.64. The van der Waals surface area contributed by atoms with Crippen LogP contribution in [0.3, 0.4) is 0 Å². The molecule has 0 radical (unpaired) electrons. The highest BCUT2D eigenvalue weighted by Gasteiger charge is 2.51. The summed E-state index contributed by atoms with van der Waals surface area (Å²) in [5, 5.41) is 50.2. The number of esters is 2. The lowest BCUT2D eigenvalue weighted by Gasteiger charge is -2.41. The molecular formula is C53H85O13P. The monoisotopic (exact) mass is 961 g/mol. The van der Waals surface area contributed by atoms with Crippen molar-refractivity contribution in [1.82, 2.24) is 0 Å². The predicted octanol–water partition coefficient (Wildman–Crippen LogP) is 10.4. The van der Waals surface area contributed by atoms with Crippen LogP contribution in [0.15, 0.2) is 109 Å². The molecule has 1 rings (SSSR count). The van der Waals surface area contributed by atoms with Crippen molar-refractivity contribution < 1.29 is 63.1 Å². The Hall–Kier alpha value is -3.49. The molecule has 13 nitrogen and oxygen atoms in total. The summed E-state index contributed by atoms with van der Waals surface area (Å²) in [7, 11) is -5.15. The van der Waals surface area contributed by atoms with Crippen LogP contribution in [0.1, 0.15) is 155 Å². The SMILES string of the molecule is CC/C=C\C/C=C\C/C=C\C/C=C\C/C=C\C/C=C\CCC(=O)OC(COC(=O)CCCCCCCC/C=C\C/C=C\C/C=C\CCCCC)COP(=O)(O)OC1C(O)C(O)C(O)C(O)C1O. The number of carbonyl (C=O) groups excluding carboxylic acids is 2. The Morgan fingerprint density at radius 3 is 1.36 bits per heavy atom. The molecule has 380 valence electrons. The second-order valence-corrected chi connectivity index (χ2v) is 18.0. The van der Waals surface area contributed by atoms with Gasteiger partial charge in [0.25, 0.3) is 0 Å². The van der Waals surface area contributed by atoms with Crippen LogP contribution in [0.4, 0.5) is 0 Å². The Bertz CT molecular complexity index is 1580. The van der Waals surface area contributed by atoms with Crippen molar-refractivity contribution >= 4 is 19.8 Å². The van der Waals surface area contributed by atoms with Gasteiger partial charge in [-0.1, -0.05) is 162 Å². The van der Waals surface area contributed by atoms with Crippen molar-refractivity contribution in [2.45, 2.75) is 198 Å². The molecule has 1 aliphatic rings. The smallest absolute Gasteiger partial charge is 0.462 e. The summed E-state index contributed by atoms with van der Waals surface area (Å²) in [6, 6.07) is 0. The van der Waals surface area contributed by atoms with Gasteiger partial charge in [-0.05, 0) is 89.9 Å². The first kappa shape index (κ1) is 61.5. The topological polar surface area (TPSA) is 210 Å². The highest BCUT2D eigenvalue weighted by Crippen LogP contribution is 2.47. The van der Waals surface area contributed by atoms with E-state index in [9.17, 15) is 44.6 Å². The zero-order valence-corrected chi connectivity index (χ0v) is 41.3. The fourth-order valence-corrected chi connectivity index (χ4v) is 7.64. The van der Waals surface area contributed by atoms with Crippen molar-refractivity contribution in [3.63, 3.8) is 0 Å². The quantitative estimate of drug-likeness (QED) is 0.0147. The van der Waals surface area contributed by atoms with E-state index in [1.165, 1.54) is 19.3 Å². The number of allylic oxidation sites excluding steroid dienone is 18. The largest absolute Gasteiger partial charge is 0.472 e. The van der Waals surface area contributed by atoms with E-state index >= 15 is 0 Å². The summed E-state index contributed by atoms with van der Waals surface area (Å²) in [6.07, 6.45) is 44.3. The molecule has 1 fully saturated rings. The van der Waals surface area contributed by atoms with Crippen LogP contribution in [-0.2, 0) is 32.7 Å². The Morgan fingerprint density at radius 1 is 0.478 bits per heavy atom. The minimum absolute atomic E-state index is 0.0382. The van der Waals surface area contributed by atoms with Crippen molar-refractivity contribution in [2.24, 2.45) is 0 Å². The summed E-state index contributed by atoms with van der Waals surface area (Å²) in [5.74, 6) is -1.22. The number of ether oxygens (including phenoxy) is 2. The summed E-state index contributed by atoms with van der Waals surface area (Å²) in [6.45, 7) is 3.08. The molecule has 0 aliphatic heterocycles. The second kappa shape index (κ2) is 41.5. The van der Waals surface area contributed by atoms with Gasteiger partial charge in [0.1, 0.15) is 43.2 Å². The lowest BCUT2D eigenvalue weighted by atomic mass is 9.85. The number of aliphatic hydroxyl groups excluding tert-OH is 5. The predicted molar refractivity (Wildman–Crippen MR) is 267 cm³/mol. The molecule has 0 aromatic rings. The van der Waals surface area contributed by atoms with Gasteiger partial charge in [0.05, 0.1) is 6.61 Å². The fourth-order valence-electron chi connectivity index (χ4n) is 6.67. The van der Waals surface area contributed by atoms with Gasteiger partial charge < -0.3 is 39.9 Å². The van der Waals surface area contributed by atoms with E-state index in [0.717, 1.165) is 89.9 Å². The first-order valence-electron chi connectivity index (χ1n) is 24.7. The van der Waals surface area contributed by atoms with E-state index in [1.807, 2.05) is 18.2 Å². The molecule has 0 bridgehead atoms. The maximum atomic E-state index is 12.8.